The van der Waals surface area contributed by atoms with E-state index in [0.29, 0.717) is 5.75 Å². The van der Waals surface area contributed by atoms with Gasteiger partial charge in [-0.05, 0) is 51.8 Å². The third-order valence-corrected chi connectivity index (χ3v) is 4.80. The summed E-state index contributed by atoms with van der Waals surface area (Å²) >= 11 is 0. The predicted molar refractivity (Wildman–Crippen MR) is 95.9 cm³/mol. The van der Waals surface area contributed by atoms with Gasteiger partial charge in [-0.15, -0.1) is 0 Å². The van der Waals surface area contributed by atoms with Gasteiger partial charge in [-0.1, -0.05) is 68.4 Å². The molecule has 0 radical (unpaired) electrons. The Kier molecular flexibility index (Phi) is 3.23. The van der Waals surface area contributed by atoms with Crippen LogP contribution in [0.25, 0.3) is 22.3 Å². The number of fused-ring (bicyclic) bond motifs is 3. The van der Waals surface area contributed by atoms with E-state index in [2.05, 4.69) is 62.4 Å². The SMILES string of the molecule is CC(C)c1c(O)cccc1-c1cccc2c1Cc1ccccc1-2. The molecule has 0 aromatic heterocycles. The number of hydrogen-bond donors (Lipinski definition) is 1. The van der Waals surface area contributed by atoms with E-state index in [-0.39, 0.29) is 5.92 Å². The second-order valence-corrected chi connectivity index (χ2v) is 6.56. The topological polar surface area (TPSA) is 20.2 Å². The number of aromatic hydroxyl groups is 1. The van der Waals surface area contributed by atoms with Crippen molar-refractivity contribution in [1.29, 1.82) is 0 Å². The number of hydrogen-bond acceptors (Lipinski definition) is 1. The van der Waals surface area contributed by atoms with E-state index >= 15 is 0 Å². The molecule has 4 rings (SSSR count). The lowest BCUT2D eigenvalue weighted by molar-refractivity contribution is 0.465. The first-order chi connectivity index (χ1) is 11.2. The molecule has 0 aliphatic heterocycles. The van der Waals surface area contributed by atoms with Crippen molar-refractivity contribution < 1.29 is 5.11 Å². The summed E-state index contributed by atoms with van der Waals surface area (Å²) < 4.78 is 0. The Labute approximate surface area is 137 Å². The molecule has 1 N–H and O–H groups in total. The highest BCUT2D eigenvalue weighted by molar-refractivity contribution is 5.86. The number of phenolic OH excluding ortho intramolecular Hbond substituents is 1. The van der Waals surface area contributed by atoms with Gasteiger partial charge < -0.3 is 5.11 Å². The average molecular weight is 300 g/mol. The maximum Gasteiger partial charge on any atom is 0.119 e. The summed E-state index contributed by atoms with van der Waals surface area (Å²) in [6, 6.07) is 21.0. The van der Waals surface area contributed by atoms with Crippen molar-refractivity contribution in [3.8, 4) is 28.0 Å². The van der Waals surface area contributed by atoms with Crippen LogP contribution in [0, 0.1) is 0 Å². The summed E-state index contributed by atoms with van der Waals surface area (Å²) in [5.74, 6) is 0.677. The fourth-order valence-corrected chi connectivity index (χ4v) is 3.80. The van der Waals surface area contributed by atoms with Gasteiger partial charge in [-0.2, -0.15) is 0 Å². The Morgan fingerprint density at radius 1 is 0.739 bits per heavy atom. The molecule has 23 heavy (non-hydrogen) atoms. The van der Waals surface area contributed by atoms with Crippen molar-refractivity contribution in [2.45, 2.75) is 26.2 Å². The molecule has 1 heteroatoms. The average Bonchev–Trinajstić information content (AvgIpc) is 2.93. The van der Waals surface area contributed by atoms with E-state index in [9.17, 15) is 5.11 Å². The summed E-state index contributed by atoms with van der Waals surface area (Å²) in [5.41, 5.74) is 8.88. The van der Waals surface area contributed by atoms with E-state index in [0.717, 1.165) is 17.5 Å². The zero-order chi connectivity index (χ0) is 16.0. The largest absolute Gasteiger partial charge is 0.508 e. The molecule has 0 saturated heterocycles. The summed E-state index contributed by atoms with van der Waals surface area (Å²) in [5, 5.41) is 10.3. The molecule has 0 unspecified atom stereocenters. The fourth-order valence-electron chi connectivity index (χ4n) is 3.80. The molecular weight excluding hydrogens is 280 g/mol. The van der Waals surface area contributed by atoms with Crippen molar-refractivity contribution in [3.05, 3.63) is 77.4 Å². The van der Waals surface area contributed by atoms with Gasteiger partial charge in [0.05, 0.1) is 0 Å². The van der Waals surface area contributed by atoms with Gasteiger partial charge in [-0.25, -0.2) is 0 Å². The van der Waals surface area contributed by atoms with Crippen molar-refractivity contribution in [3.63, 3.8) is 0 Å². The van der Waals surface area contributed by atoms with Crippen LogP contribution in [0.4, 0.5) is 0 Å². The van der Waals surface area contributed by atoms with Crippen molar-refractivity contribution in [2.75, 3.05) is 0 Å². The Hall–Kier alpha value is -2.54. The Morgan fingerprint density at radius 2 is 1.35 bits per heavy atom. The van der Waals surface area contributed by atoms with Gasteiger partial charge in [0.15, 0.2) is 0 Å². The van der Waals surface area contributed by atoms with Gasteiger partial charge in [0, 0.05) is 5.56 Å². The second-order valence-electron chi connectivity index (χ2n) is 6.56. The lowest BCUT2D eigenvalue weighted by Crippen LogP contribution is -1.96. The first-order valence-corrected chi connectivity index (χ1v) is 8.19. The molecular formula is C22H20O. The predicted octanol–water partition coefficient (Wildman–Crippen LogP) is 5.75. The van der Waals surface area contributed by atoms with Crippen molar-refractivity contribution >= 4 is 0 Å². The van der Waals surface area contributed by atoms with Crippen LogP contribution in [0.1, 0.15) is 36.5 Å². The Bertz CT molecular complexity index is 890. The van der Waals surface area contributed by atoms with Crippen LogP contribution < -0.4 is 0 Å². The minimum Gasteiger partial charge on any atom is -0.508 e. The molecule has 0 amide bonds. The molecule has 1 aliphatic rings. The van der Waals surface area contributed by atoms with Gasteiger partial charge in [0.2, 0.25) is 0 Å². The first-order valence-electron chi connectivity index (χ1n) is 8.19. The molecule has 0 atom stereocenters. The molecule has 0 spiro atoms. The second kappa shape index (κ2) is 5.27. The highest BCUT2D eigenvalue weighted by atomic mass is 16.3. The van der Waals surface area contributed by atoms with Crippen LogP contribution in [-0.2, 0) is 6.42 Å². The summed E-state index contributed by atoms with van der Waals surface area (Å²) in [4.78, 5) is 0. The molecule has 3 aromatic rings. The van der Waals surface area contributed by atoms with E-state index in [1.54, 1.807) is 6.07 Å². The van der Waals surface area contributed by atoms with Crippen molar-refractivity contribution in [1.82, 2.24) is 0 Å². The monoisotopic (exact) mass is 300 g/mol. The Morgan fingerprint density at radius 3 is 2.13 bits per heavy atom. The van der Waals surface area contributed by atoms with Gasteiger partial charge in [0.1, 0.15) is 5.75 Å². The molecule has 0 fully saturated rings. The van der Waals surface area contributed by atoms with Gasteiger partial charge >= 0.3 is 0 Å². The highest BCUT2D eigenvalue weighted by Gasteiger charge is 2.23. The van der Waals surface area contributed by atoms with E-state index < -0.39 is 0 Å². The van der Waals surface area contributed by atoms with E-state index in [1.807, 2.05) is 6.07 Å². The summed E-state index contributed by atoms with van der Waals surface area (Å²) in [6.07, 6.45) is 0.967. The molecule has 1 aliphatic carbocycles. The zero-order valence-electron chi connectivity index (χ0n) is 13.5. The molecule has 0 bridgehead atoms. The fraction of sp³-hybridized carbons (Fsp3) is 0.182. The molecule has 0 heterocycles. The standard InChI is InChI=1S/C22H20O/c1-14(2)22-19(11-6-12-21(22)23)18-10-5-9-17-16-8-4-3-7-15(16)13-20(17)18/h3-12,14,23H,13H2,1-2H3. The maximum absolute atomic E-state index is 10.3. The van der Waals surface area contributed by atoms with E-state index in [4.69, 9.17) is 0 Å². The minimum atomic E-state index is 0.283. The zero-order valence-corrected chi connectivity index (χ0v) is 13.5. The summed E-state index contributed by atoms with van der Waals surface area (Å²) in [7, 11) is 0. The lowest BCUT2D eigenvalue weighted by atomic mass is 9.88. The van der Waals surface area contributed by atoms with Crippen LogP contribution in [-0.4, -0.2) is 5.11 Å². The van der Waals surface area contributed by atoms with Crippen LogP contribution in [0.5, 0.6) is 5.75 Å². The number of benzene rings is 3. The normalized spacial score (nSPS) is 12.3. The summed E-state index contributed by atoms with van der Waals surface area (Å²) in [6.45, 7) is 4.27. The third-order valence-electron chi connectivity index (χ3n) is 4.80. The lowest BCUT2D eigenvalue weighted by Gasteiger charge is -2.17. The molecule has 1 nitrogen and oxygen atoms in total. The quantitative estimate of drug-likeness (QED) is 0.499. The smallest absolute Gasteiger partial charge is 0.119 e. The van der Waals surface area contributed by atoms with Gasteiger partial charge in [-0.3, -0.25) is 0 Å². The minimum absolute atomic E-state index is 0.283. The molecule has 3 aromatic carbocycles. The van der Waals surface area contributed by atoms with Crippen LogP contribution in [0.2, 0.25) is 0 Å². The van der Waals surface area contributed by atoms with Crippen LogP contribution >= 0.6 is 0 Å². The number of rotatable bonds is 2. The van der Waals surface area contributed by atoms with Gasteiger partial charge in [0.25, 0.3) is 0 Å². The first kappa shape index (κ1) is 14.1. The molecule has 0 saturated carbocycles. The molecule has 114 valence electrons. The van der Waals surface area contributed by atoms with Crippen LogP contribution in [0.3, 0.4) is 0 Å². The maximum atomic E-state index is 10.3. The number of phenols is 1. The highest BCUT2D eigenvalue weighted by Crippen LogP contribution is 2.44. The Balaban J connectivity index is 1.96. The van der Waals surface area contributed by atoms with Crippen molar-refractivity contribution in [2.24, 2.45) is 0 Å². The van der Waals surface area contributed by atoms with Crippen LogP contribution in [0.15, 0.2) is 60.7 Å². The van der Waals surface area contributed by atoms with E-state index in [1.165, 1.54) is 27.8 Å². The third kappa shape index (κ3) is 2.16.